The molecule has 0 spiro atoms. The molecule has 0 radical (unpaired) electrons. The number of ether oxygens (including phenoxy) is 2. The molecular formula is C21H24Cl2N2O3. The van der Waals surface area contributed by atoms with Crippen molar-refractivity contribution in [2.75, 3.05) is 26.7 Å². The van der Waals surface area contributed by atoms with Crippen molar-refractivity contribution in [2.45, 2.75) is 25.4 Å². The van der Waals surface area contributed by atoms with Crippen LogP contribution in [0.4, 0.5) is 4.79 Å². The summed E-state index contributed by atoms with van der Waals surface area (Å²) >= 11 is 12.5. The van der Waals surface area contributed by atoms with E-state index in [0.29, 0.717) is 21.5 Å². The van der Waals surface area contributed by atoms with E-state index in [0.717, 1.165) is 44.5 Å². The van der Waals surface area contributed by atoms with Crippen molar-refractivity contribution in [1.29, 1.82) is 0 Å². The van der Waals surface area contributed by atoms with Crippen LogP contribution >= 0.6 is 23.2 Å². The third kappa shape index (κ3) is 5.77. The van der Waals surface area contributed by atoms with E-state index in [-0.39, 0.29) is 12.2 Å². The smallest absolute Gasteiger partial charge is 0.407 e. The maximum Gasteiger partial charge on any atom is 0.407 e. The molecule has 0 atom stereocenters. The Morgan fingerprint density at radius 1 is 1.14 bits per heavy atom. The summed E-state index contributed by atoms with van der Waals surface area (Å²) < 4.78 is 11.2. The fraction of sp³-hybridized carbons (Fsp3) is 0.381. The van der Waals surface area contributed by atoms with Gasteiger partial charge in [-0.3, -0.25) is 0 Å². The van der Waals surface area contributed by atoms with Crippen molar-refractivity contribution in [1.82, 2.24) is 10.2 Å². The van der Waals surface area contributed by atoms with Gasteiger partial charge in [0.25, 0.3) is 0 Å². The molecule has 2 aromatic rings. The maximum atomic E-state index is 11.3. The molecule has 1 saturated heterocycles. The zero-order valence-corrected chi connectivity index (χ0v) is 17.3. The standard InChI is InChI=1S/C21H24Cl2N2O3/c1-24-21(26)28-18-10-13-25(14-11-18)12-9-15-3-2-4-19(20(15)23)27-17-7-5-16(22)6-8-17/h2-8,18H,9-14H2,1H3,(H,24,26). The summed E-state index contributed by atoms with van der Waals surface area (Å²) in [5, 5.41) is 3.79. The van der Waals surface area contributed by atoms with E-state index < -0.39 is 0 Å². The zero-order chi connectivity index (χ0) is 19.9. The second-order valence-electron chi connectivity index (χ2n) is 6.73. The van der Waals surface area contributed by atoms with Gasteiger partial charge in [0.15, 0.2) is 0 Å². The number of carbonyl (C=O) groups excluding carboxylic acids is 1. The lowest BCUT2D eigenvalue weighted by Crippen LogP contribution is -2.39. The number of piperidine rings is 1. The van der Waals surface area contributed by atoms with Crippen molar-refractivity contribution in [3.05, 3.63) is 58.1 Å². The maximum absolute atomic E-state index is 11.3. The van der Waals surface area contributed by atoms with E-state index in [2.05, 4.69) is 10.2 Å². The topological polar surface area (TPSA) is 50.8 Å². The summed E-state index contributed by atoms with van der Waals surface area (Å²) in [6.45, 7) is 2.71. The molecular weight excluding hydrogens is 399 g/mol. The van der Waals surface area contributed by atoms with Gasteiger partial charge < -0.3 is 19.7 Å². The molecule has 0 unspecified atom stereocenters. The number of alkyl carbamates (subject to hydrolysis) is 1. The lowest BCUT2D eigenvalue weighted by atomic mass is 10.1. The van der Waals surface area contributed by atoms with Crippen molar-refractivity contribution in [2.24, 2.45) is 0 Å². The number of likely N-dealkylation sites (tertiary alicyclic amines) is 1. The van der Waals surface area contributed by atoms with Crippen LogP contribution in [-0.2, 0) is 11.2 Å². The Balaban J connectivity index is 1.52. The largest absolute Gasteiger partial charge is 0.456 e. The predicted octanol–water partition coefficient (Wildman–Crippen LogP) is 5.15. The first kappa shape index (κ1) is 20.8. The number of hydrogen-bond donors (Lipinski definition) is 1. The van der Waals surface area contributed by atoms with Gasteiger partial charge in [0.1, 0.15) is 17.6 Å². The lowest BCUT2D eigenvalue weighted by molar-refractivity contribution is 0.0522. The Hall–Kier alpha value is -1.95. The molecule has 7 heteroatoms. The van der Waals surface area contributed by atoms with E-state index >= 15 is 0 Å². The minimum Gasteiger partial charge on any atom is -0.456 e. The first-order valence-electron chi connectivity index (χ1n) is 9.36. The van der Waals surface area contributed by atoms with E-state index in [4.69, 9.17) is 32.7 Å². The molecule has 1 fully saturated rings. The Morgan fingerprint density at radius 2 is 1.86 bits per heavy atom. The van der Waals surface area contributed by atoms with Crippen LogP contribution in [0.1, 0.15) is 18.4 Å². The van der Waals surface area contributed by atoms with Gasteiger partial charge in [0.05, 0.1) is 5.02 Å². The van der Waals surface area contributed by atoms with Crippen LogP contribution in [0.5, 0.6) is 11.5 Å². The van der Waals surface area contributed by atoms with E-state index in [1.807, 2.05) is 30.3 Å². The Bertz CT molecular complexity index is 791. The third-order valence-corrected chi connectivity index (χ3v) is 5.48. The summed E-state index contributed by atoms with van der Waals surface area (Å²) in [7, 11) is 1.58. The highest BCUT2D eigenvalue weighted by molar-refractivity contribution is 6.32. The number of benzene rings is 2. The average Bonchev–Trinajstić information content (AvgIpc) is 2.71. The minimum absolute atomic E-state index is 0.00380. The summed E-state index contributed by atoms with van der Waals surface area (Å²) in [6, 6.07) is 13.0. The van der Waals surface area contributed by atoms with E-state index in [9.17, 15) is 4.79 Å². The highest BCUT2D eigenvalue weighted by Crippen LogP contribution is 2.33. The molecule has 150 valence electrons. The lowest BCUT2D eigenvalue weighted by Gasteiger charge is -2.31. The molecule has 0 aromatic heterocycles. The van der Waals surface area contributed by atoms with Crippen molar-refractivity contribution in [3.8, 4) is 11.5 Å². The summed E-state index contributed by atoms with van der Waals surface area (Å²) in [5.41, 5.74) is 1.05. The number of rotatable bonds is 6. The number of amides is 1. The molecule has 2 aromatic carbocycles. The number of nitrogens with zero attached hydrogens (tertiary/aromatic N) is 1. The number of halogens is 2. The van der Waals surface area contributed by atoms with Gasteiger partial charge >= 0.3 is 6.09 Å². The van der Waals surface area contributed by atoms with Crippen LogP contribution in [0.15, 0.2) is 42.5 Å². The van der Waals surface area contributed by atoms with Crippen LogP contribution in [0.2, 0.25) is 10.0 Å². The molecule has 5 nitrogen and oxygen atoms in total. The van der Waals surface area contributed by atoms with Gasteiger partial charge in [-0.1, -0.05) is 35.3 Å². The Kier molecular flexibility index (Phi) is 7.43. The molecule has 28 heavy (non-hydrogen) atoms. The van der Waals surface area contributed by atoms with E-state index in [1.165, 1.54) is 0 Å². The Morgan fingerprint density at radius 3 is 2.54 bits per heavy atom. The molecule has 1 aliphatic rings. The van der Waals surface area contributed by atoms with Crippen molar-refractivity contribution < 1.29 is 14.3 Å². The molecule has 1 aliphatic heterocycles. The van der Waals surface area contributed by atoms with Crippen LogP contribution in [0.3, 0.4) is 0 Å². The molecule has 1 N–H and O–H groups in total. The quantitative estimate of drug-likeness (QED) is 0.699. The normalized spacial score (nSPS) is 15.2. The SMILES string of the molecule is CNC(=O)OC1CCN(CCc2cccc(Oc3ccc(Cl)cc3)c2Cl)CC1. The van der Waals surface area contributed by atoms with E-state index in [1.54, 1.807) is 19.2 Å². The molecule has 3 rings (SSSR count). The monoisotopic (exact) mass is 422 g/mol. The van der Waals surface area contributed by atoms with Crippen LogP contribution in [0, 0.1) is 0 Å². The van der Waals surface area contributed by atoms with Crippen LogP contribution in [-0.4, -0.2) is 43.8 Å². The number of hydrogen-bond acceptors (Lipinski definition) is 4. The molecule has 0 saturated carbocycles. The second kappa shape index (κ2) is 10.0. The molecule has 0 bridgehead atoms. The average molecular weight is 423 g/mol. The number of nitrogens with one attached hydrogen (secondary N) is 1. The highest BCUT2D eigenvalue weighted by Gasteiger charge is 2.22. The fourth-order valence-corrected chi connectivity index (χ4v) is 3.58. The van der Waals surface area contributed by atoms with Gasteiger partial charge in [-0.05, 0) is 55.2 Å². The fourth-order valence-electron chi connectivity index (χ4n) is 3.20. The number of carbonyl (C=O) groups is 1. The van der Waals surface area contributed by atoms with Gasteiger partial charge in [0, 0.05) is 31.7 Å². The van der Waals surface area contributed by atoms with Crippen LogP contribution in [0.25, 0.3) is 0 Å². The second-order valence-corrected chi connectivity index (χ2v) is 7.55. The van der Waals surface area contributed by atoms with Crippen molar-refractivity contribution in [3.63, 3.8) is 0 Å². The van der Waals surface area contributed by atoms with Gasteiger partial charge in [-0.15, -0.1) is 0 Å². The first-order valence-corrected chi connectivity index (χ1v) is 10.1. The first-order chi connectivity index (χ1) is 13.5. The zero-order valence-electron chi connectivity index (χ0n) is 15.8. The highest BCUT2D eigenvalue weighted by atomic mass is 35.5. The third-order valence-electron chi connectivity index (χ3n) is 4.79. The van der Waals surface area contributed by atoms with Gasteiger partial charge in [-0.25, -0.2) is 4.79 Å². The summed E-state index contributed by atoms with van der Waals surface area (Å²) in [6.07, 6.45) is 2.16. The minimum atomic E-state index is -0.359. The summed E-state index contributed by atoms with van der Waals surface area (Å²) in [4.78, 5) is 13.7. The van der Waals surface area contributed by atoms with Crippen molar-refractivity contribution >= 4 is 29.3 Å². The van der Waals surface area contributed by atoms with Crippen LogP contribution < -0.4 is 10.1 Å². The predicted molar refractivity (Wildman–Crippen MR) is 112 cm³/mol. The molecule has 1 heterocycles. The summed E-state index contributed by atoms with van der Waals surface area (Å²) in [5.74, 6) is 1.33. The Labute approximate surface area is 175 Å². The van der Waals surface area contributed by atoms with Gasteiger partial charge in [0.2, 0.25) is 0 Å². The molecule has 1 amide bonds. The van der Waals surface area contributed by atoms with Gasteiger partial charge in [-0.2, -0.15) is 0 Å². The molecule has 0 aliphatic carbocycles.